The second-order valence-corrected chi connectivity index (χ2v) is 10.1. The van der Waals surface area contributed by atoms with Gasteiger partial charge in [0.2, 0.25) is 5.89 Å². The minimum Gasteiger partial charge on any atom is -0.497 e. The third-order valence-electron chi connectivity index (χ3n) is 5.27. The summed E-state index contributed by atoms with van der Waals surface area (Å²) in [6, 6.07) is 15.1. The first-order valence-corrected chi connectivity index (χ1v) is 11.9. The standard InChI is InChI=1S/C22H23ClN2O4S/c1-28-20-7-5-16(6-8-20)13-25(19-9-10-30(26,27)15-19)14-22-24-12-21(29-22)17-3-2-4-18(23)11-17/h2-8,11-12,19H,9-10,13-15H2,1H3. The Morgan fingerprint density at radius 2 is 2.00 bits per heavy atom. The smallest absolute Gasteiger partial charge is 0.209 e. The summed E-state index contributed by atoms with van der Waals surface area (Å²) in [5.41, 5.74) is 1.92. The highest BCUT2D eigenvalue weighted by Crippen LogP contribution is 2.26. The Kier molecular flexibility index (Phi) is 6.13. The first kappa shape index (κ1) is 20.9. The molecule has 30 heavy (non-hydrogen) atoms. The van der Waals surface area contributed by atoms with Crippen LogP contribution in [-0.4, -0.2) is 43.0 Å². The van der Waals surface area contributed by atoms with Crippen molar-refractivity contribution in [3.8, 4) is 17.1 Å². The molecular weight excluding hydrogens is 424 g/mol. The fourth-order valence-corrected chi connectivity index (χ4v) is 5.63. The van der Waals surface area contributed by atoms with Gasteiger partial charge in [-0.25, -0.2) is 13.4 Å². The van der Waals surface area contributed by atoms with Gasteiger partial charge in [0.1, 0.15) is 5.75 Å². The molecular formula is C22H23ClN2O4S. The number of aromatic nitrogens is 1. The molecule has 1 aliphatic rings. The molecule has 1 aromatic heterocycles. The molecule has 2 aromatic carbocycles. The molecule has 8 heteroatoms. The maximum atomic E-state index is 12.1. The van der Waals surface area contributed by atoms with Crippen molar-refractivity contribution in [3.63, 3.8) is 0 Å². The highest BCUT2D eigenvalue weighted by molar-refractivity contribution is 7.91. The van der Waals surface area contributed by atoms with Crippen molar-refractivity contribution in [3.05, 3.63) is 71.2 Å². The van der Waals surface area contributed by atoms with Gasteiger partial charge in [0, 0.05) is 23.2 Å². The molecule has 1 unspecified atom stereocenters. The molecule has 1 atom stereocenters. The normalized spacial score (nSPS) is 18.0. The largest absolute Gasteiger partial charge is 0.497 e. The van der Waals surface area contributed by atoms with Crippen molar-refractivity contribution in [1.29, 1.82) is 0 Å². The SMILES string of the molecule is COc1ccc(CN(Cc2ncc(-c3cccc(Cl)c3)o2)C2CCS(=O)(=O)C2)cc1. The third kappa shape index (κ3) is 5.03. The van der Waals surface area contributed by atoms with E-state index >= 15 is 0 Å². The van der Waals surface area contributed by atoms with Gasteiger partial charge in [-0.1, -0.05) is 35.9 Å². The van der Waals surface area contributed by atoms with Crippen LogP contribution in [0.3, 0.4) is 0 Å². The maximum absolute atomic E-state index is 12.1. The van der Waals surface area contributed by atoms with Crippen molar-refractivity contribution >= 4 is 21.4 Å². The van der Waals surface area contributed by atoms with Crippen molar-refractivity contribution in [2.45, 2.75) is 25.6 Å². The predicted octanol–water partition coefficient (Wildman–Crippen LogP) is 4.19. The Hall–Kier alpha value is -2.35. The van der Waals surface area contributed by atoms with Gasteiger partial charge in [-0.2, -0.15) is 0 Å². The Morgan fingerprint density at radius 1 is 1.20 bits per heavy atom. The van der Waals surface area contributed by atoms with Gasteiger partial charge >= 0.3 is 0 Å². The van der Waals surface area contributed by atoms with Crippen molar-refractivity contribution in [1.82, 2.24) is 9.88 Å². The van der Waals surface area contributed by atoms with E-state index in [4.69, 9.17) is 20.8 Å². The number of oxazole rings is 1. The van der Waals surface area contributed by atoms with Crippen molar-refractivity contribution in [2.75, 3.05) is 18.6 Å². The fourth-order valence-electron chi connectivity index (χ4n) is 3.68. The second kappa shape index (κ2) is 8.79. The number of hydrogen-bond donors (Lipinski definition) is 0. The van der Waals surface area contributed by atoms with E-state index in [1.54, 1.807) is 19.4 Å². The Labute approximate surface area is 181 Å². The lowest BCUT2D eigenvalue weighted by molar-refractivity contribution is 0.176. The molecule has 6 nitrogen and oxygen atoms in total. The Bertz CT molecular complexity index is 1110. The molecule has 1 aliphatic heterocycles. The lowest BCUT2D eigenvalue weighted by Crippen LogP contribution is -2.35. The minimum absolute atomic E-state index is 0.0707. The van der Waals surface area contributed by atoms with Crippen LogP contribution in [0.25, 0.3) is 11.3 Å². The topological polar surface area (TPSA) is 72.6 Å². The Balaban J connectivity index is 1.55. The second-order valence-electron chi connectivity index (χ2n) is 7.44. The average Bonchev–Trinajstić information content (AvgIpc) is 3.34. The first-order valence-electron chi connectivity index (χ1n) is 9.70. The van der Waals surface area contributed by atoms with E-state index in [1.165, 1.54) is 0 Å². The lowest BCUT2D eigenvalue weighted by atomic mass is 10.1. The molecule has 0 radical (unpaired) electrons. The summed E-state index contributed by atoms with van der Waals surface area (Å²) in [6.07, 6.45) is 2.29. The van der Waals surface area contributed by atoms with E-state index in [9.17, 15) is 8.42 Å². The van der Waals surface area contributed by atoms with Crippen LogP contribution in [-0.2, 0) is 22.9 Å². The van der Waals surface area contributed by atoms with Crippen LogP contribution in [0.1, 0.15) is 17.9 Å². The summed E-state index contributed by atoms with van der Waals surface area (Å²) in [5.74, 6) is 2.34. The van der Waals surface area contributed by atoms with Crippen LogP contribution in [0.15, 0.2) is 59.1 Å². The average molecular weight is 447 g/mol. The number of rotatable bonds is 7. The Morgan fingerprint density at radius 3 is 2.67 bits per heavy atom. The number of ether oxygens (including phenoxy) is 1. The molecule has 1 saturated heterocycles. The fraction of sp³-hybridized carbons (Fsp3) is 0.318. The molecule has 0 N–H and O–H groups in total. The van der Waals surface area contributed by atoms with Gasteiger partial charge in [0.15, 0.2) is 15.6 Å². The van der Waals surface area contributed by atoms with Crippen molar-refractivity contribution in [2.24, 2.45) is 0 Å². The van der Waals surface area contributed by atoms with Gasteiger partial charge in [-0.15, -0.1) is 0 Å². The zero-order valence-corrected chi connectivity index (χ0v) is 18.2. The number of sulfone groups is 1. The highest BCUT2D eigenvalue weighted by atomic mass is 35.5. The predicted molar refractivity (Wildman–Crippen MR) is 116 cm³/mol. The minimum atomic E-state index is -3.01. The van der Waals surface area contributed by atoms with Gasteiger partial charge in [0.25, 0.3) is 0 Å². The highest BCUT2D eigenvalue weighted by Gasteiger charge is 2.33. The van der Waals surface area contributed by atoms with Crippen LogP contribution in [0, 0.1) is 0 Å². The summed E-state index contributed by atoms with van der Waals surface area (Å²) < 4.78 is 35.3. The number of hydrogen-bond acceptors (Lipinski definition) is 6. The molecule has 0 aliphatic carbocycles. The van der Waals surface area contributed by atoms with Crippen LogP contribution in [0.2, 0.25) is 5.02 Å². The monoisotopic (exact) mass is 446 g/mol. The molecule has 0 saturated carbocycles. The summed E-state index contributed by atoms with van der Waals surface area (Å²) in [7, 11) is -1.38. The first-order chi connectivity index (χ1) is 14.4. The molecule has 1 fully saturated rings. The lowest BCUT2D eigenvalue weighted by Gasteiger charge is -2.26. The number of benzene rings is 2. The van der Waals surface area contributed by atoms with Crippen LogP contribution in [0.4, 0.5) is 0 Å². The number of halogens is 1. The van der Waals surface area contributed by atoms with E-state index in [-0.39, 0.29) is 17.5 Å². The number of nitrogens with zero attached hydrogens (tertiary/aromatic N) is 2. The summed E-state index contributed by atoms with van der Waals surface area (Å²) in [4.78, 5) is 6.54. The van der Waals surface area contributed by atoms with Crippen LogP contribution < -0.4 is 4.74 Å². The van der Waals surface area contributed by atoms with E-state index in [0.717, 1.165) is 16.9 Å². The van der Waals surface area contributed by atoms with Gasteiger partial charge in [0.05, 0.1) is 31.4 Å². The van der Waals surface area contributed by atoms with E-state index in [1.807, 2.05) is 42.5 Å². The van der Waals surface area contributed by atoms with E-state index in [0.29, 0.717) is 36.2 Å². The molecule has 2 heterocycles. The molecule has 4 rings (SSSR count). The van der Waals surface area contributed by atoms with Gasteiger partial charge in [-0.05, 0) is 36.2 Å². The van der Waals surface area contributed by atoms with E-state index < -0.39 is 9.84 Å². The van der Waals surface area contributed by atoms with Crippen LogP contribution in [0.5, 0.6) is 5.75 Å². The molecule has 0 spiro atoms. The zero-order chi connectivity index (χ0) is 21.1. The van der Waals surface area contributed by atoms with Crippen LogP contribution >= 0.6 is 11.6 Å². The third-order valence-corrected chi connectivity index (χ3v) is 7.26. The summed E-state index contributed by atoms with van der Waals surface area (Å²) in [5, 5.41) is 0.628. The molecule has 158 valence electrons. The summed E-state index contributed by atoms with van der Waals surface area (Å²) in [6.45, 7) is 1.02. The quantitative estimate of drug-likeness (QED) is 0.541. The molecule has 0 amide bonds. The molecule has 3 aromatic rings. The van der Waals surface area contributed by atoms with Gasteiger partial charge < -0.3 is 9.15 Å². The van der Waals surface area contributed by atoms with Crippen molar-refractivity contribution < 1.29 is 17.6 Å². The van der Waals surface area contributed by atoms with Gasteiger partial charge in [-0.3, -0.25) is 4.90 Å². The number of methoxy groups -OCH3 is 1. The summed E-state index contributed by atoms with van der Waals surface area (Å²) >= 11 is 6.07. The maximum Gasteiger partial charge on any atom is 0.209 e. The molecule has 0 bridgehead atoms. The zero-order valence-electron chi connectivity index (χ0n) is 16.6. The van der Waals surface area contributed by atoms with E-state index in [2.05, 4.69) is 9.88 Å².